The summed E-state index contributed by atoms with van der Waals surface area (Å²) in [5, 5.41) is 1.33. The van der Waals surface area contributed by atoms with E-state index in [4.69, 9.17) is 4.74 Å². The van der Waals surface area contributed by atoms with Gasteiger partial charge in [-0.1, -0.05) is 30.3 Å². The molecule has 1 aromatic heterocycles. The van der Waals surface area contributed by atoms with Crippen LogP contribution >= 0.6 is 0 Å². The number of benzene rings is 2. The van der Waals surface area contributed by atoms with Crippen molar-refractivity contribution in [3.05, 3.63) is 70.9 Å². The van der Waals surface area contributed by atoms with Crippen LogP contribution in [0.15, 0.2) is 48.5 Å². The van der Waals surface area contributed by atoms with E-state index in [1.165, 1.54) is 34.8 Å². The molecule has 0 aliphatic carbocycles. The maximum atomic E-state index is 11.4. The van der Waals surface area contributed by atoms with E-state index in [0.29, 0.717) is 5.56 Å². The van der Waals surface area contributed by atoms with Gasteiger partial charge < -0.3 is 9.72 Å². The van der Waals surface area contributed by atoms with Crippen molar-refractivity contribution in [2.45, 2.75) is 26.2 Å². The molecule has 0 fully saturated rings. The molecule has 0 aliphatic heterocycles. The highest BCUT2D eigenvalue weighted by Crippen LogP contribution is 2.23. The molecule has 0 amide bonds. The quantitative estimate of drug-likeness (QED) is 0.708. The van der Waals surface area contributed by atoms with E-state index < -0.39 is 0 Å². The average molecular weight is 307 g/mol. The van der Waals surface area contributed by atoms with Crippen molar-refractivity contribution < 1.29 is 9.53 Å². The van der Waals surface area contributed by atoms with E-state index in [9.17, 15) is 4.79 Å². The van der Waals surface area contributed by atoms with E-state index >= 15 is 0 Å². The number of nitrogens with one attached hydrogen (secondary N) is 1. The van der Waals surface area contributed by atoms with Crippen LogP contribution in [0.3, 0.4) is 0 Å². The first-order valence-corrected chi connectivity index (χ1v) is 7.92. The molecule has 0 spiro atoms. The fourth-order valence-corrected chi connectivity index (χ4v) is 3.05. The third kappa shape index (κ3) is 3.29. The molecule has 0 saturated heterocycles. The number of fused-ring (bicyclic) bond motifs is 1. The van der Waals surface area contributed by atoms with E-state index in [1.807, 2.05) is 24.3 Å². The lowest BCUT2D eigenvalue weighted by Crippen LogP contribution is -2.01. The Morgan fingerprint density at radius 3 is 2.52 bits per heavy atom. The first-order valence-electron chi connectivity index (χ1n) is 7.92. The van der Waals surface area contributed by atoms with Crippen LogP contribution in [-0.2, 0) is 17.6 Å². The summed E-state index contributed by atoms with van der Waals surface area (Å²) >= 11 is 0. The molecule has 1 heterocycles. The second-order valence-corrected chi connectivity index (χ2v) is 5.82. The van der Waals surface area contributed by atoms with Gasteiger partial charge in [0.05, 0.1) is 12.7 Å². The number of H-pyrrole nitrogens is 1. The van der Waals surface area contributed by atoms with Crippen molar-refractivity contribution in [1.82, 2.24) is 4.98 Å². The lowest BCUT2D eigenvalue weighted by molar-refractivity contribution is 0.0600. The monoisotopic (exact) mass is 307 g/mol. The highest BCUT2D eigenvalue weighted by atomic mass is 16.5. The number of hydrogen-bond acceptors (Lipinski definition) is 2. The summed E-state index contributed by atoms with van der Waals surface area (Å²) in [6.07, 6.45) is 3.13. The smallest absolute Gasteiger partial charge is 0.337 e. The second-order valence-electron chi connectivity index (χ2n) is 5.82. The summed E-state index contributed by atoms with van der Waals surface area (Å²) in [6.45, 7) is 2.14. The molecule has 0 unspecified atom stereocenters. The third-order valence-electron chi connectivity index (χ3n) is 4.29. The van der Waals surface area contributed by atoms with Crippen molar-refractivity contribution in [3.63, 3.8) is 0 Å². The number of carbonyl (C=O) groups excluding carboxylic acids is 1. The molecule has 0 bridgehead atoms. The third-order valence-corrected chi connectivity index (χ3v) is 4.29. The van der Waals surface area contributed by atoms with Gasteiger partial charge in [-0.2, -0.15) is 0 Å². The van der Waals surface area contributed by atoms with Gasteiger partial charge in [-0.25, -0.2) is 4.79 Å². The van der Waals surface area contributed by atoms with E-state index in [1.54, 1.807) is 0 Å². The molecule has 0 saturated carbocycles. The Balaban J connectivity index is 1.65. The van der Waals surface area contributed by atoms with Crippen LogP contribution < -0.4 is 0 Å². The number of aryl methyl sites for hydroxylation is 3. The van der Waals surface area contributed by atoms with E-state index in [2.05, 4.69) is 36.2 Å². The summed E-state index contributed by atoms with van der Waals surface area (Å²) in [5.74, 6) is -0.286. The van der Waals surface area contributed by atoms with Crippen molar-refractivity contribution in [1.29, 1.82) is 0 Å². The van der Waals surface area contributed by atoms with Gasteiger partial charge in [-0.3, -0.25) is 0 Å². The summed E-state index contributed by atoms with van der Waals surface area (Å²) in [7, 11) is 1.40. The molecule has 23 heavy (non-hydrogen) atoms. The minimum Gasteiger partial charge on any atom is -0.465 e. The van der Waals surface area contributed by atoms with Crippen LogP contribution in [0, 0.1) is 6.92 Å². The number of para-hydroxylation sites is 1. The van der Waals surface area contributed by atoms with Gasteiger partial charge in [-0.15, -0.1) is 0 Å². The molecule has 2 aromatic carbocycles. The molecule has 0 radical (unpaired) electrons. The van der Waals surface area contributed by atoms with Crippen LogP contribution in [0.1, 0.15) is 33.6 Å². The van der Waals surface area contributed by atoms with Gasteiger partial charge in [-0.05, 0) is 55.5 Å². The van der Waals surface area contributed by atoms with Crippen molar-refractivity contribution in [2.75, 3.05) is 7.11 Å². The molecule has 3 aromatic rings. The number of hydrogen-bond donors (Lipinski definition) is 1. The Morgan fingerprint density at radius 2 is 1.78 bits per heavy atom. The zero-order valence-electron chi connectivity index (χ0n) is 13.6. The molecule has 3 heteroatoms. The summed E-state index contributed by atoms with van der Waals surface area (Å²) in [4.78, 5) is 14.9. The van der Waals surface area contributed by atoms with Gasteiger partial charge >= 0.3 is 5.97 Å². The van der Waals surface area contributed by atoms with Crippen LogP contribution in [0.2, 0.25) is 0 Å². The number of ether oxygens (including phenoxy) is 1. The van der Waals surface area contributed by atoms with Crippen LogP contribution in [-0.4, -0.2) is 18.1 Å². The highest BCUT2D eigenvalue weighted by Gasteiger charge is 2.08. The Morgan fingerprint density at radius 1 is 1.04 bits per heavy atom. The molecule has 3 nitrogen and oxygen atoms in total. The fraction of sp³-hybridized carbons (Fsp3) is 0.250. The van der Waals surface area contributed by atoms with Crippen molar-refractivity contribution >= 4 is 16.9 Å². The normalized spacial score (nSPS) is 10.9. The SMILES string of the molecule is COC(=O)c1ccc(CCCc2c(C)[nH]c3ccccc23)cc1. The molecule has 0 aliphatic rings. The van der Waals surface area contributed by atoms with E-state index in [-0.39, 0.29) is 5.97 Å². The van der Waals surface area contributed by atoms with Gasteiger partial charge in [0.1, 0.15) is 0 Å². The minimum absolute atomic E-state index is 0.286. The number of aromatic amines is 1. The number of carbonyl (C=O) groups is 1. The second kappa shape index (κ2) is 6.69. The number of esters is 1. The highest BCUT2D eigenvalue weighted by molar-refractivity contribution is 5.89. The number of rotatable bonds is 5. The van der Waals surface area contributed by atoms with Gasteiger partial charge in [0.2, 0.25) is 0 Å². The Hall–Kier alpha value is -2.55. The fourth-order valence-electron chi connectivity index (χ4n) is 3.05. The summed E-state index contributed by atoms with van der Waals surface area (Å²) in [6, 6.07) is 16.1. The molecule has 3 rings (SSSR count). The van der Waals surface area contributed by atoms with Crippen LogP contribution in [0.4, 0.5) is 0 Å². The first kappa shape index (κ1) is 15.3. The Labute approximate surface area is 136 Å². The summed E-state index contributed by atoms with van der Waals surface area (Å²) in [5.41, 5.74) is 5.72. The lowest BCUT2D eigenvalue weighted by Gasteiger charge is -2.04. The number of methoxy groups -OCH3 is 1. The maximum absolute atomic E-state index is 11.4. The molecule has 118 valence electrons. The predicted octanol–water partition coefficient (Wildman–Crippen LogP) is 4.44. The topological polar surface area (TPSA) is 42.1 Å². The first-order chi connectivity index (χ1) is 11.2. The average Bonchev–Trinajstić information content (AvgIpc) is 2.90. The van der Waals surface area contributed by atoms with Crippen molar-refractivity contribution in [3.8, 4) is 0 Å². The molecule has 0 atom stereocenters. The van der Waals surface area contributed by atoms with Gasteiger partial charge in [0, 0.05) is 16.6 Å². The van der Waals surface area contributed by atoms with Crippen molar-refractivity contribution in [2.24, 2.45) is 0 Å². The van der Waals surface area contributed by atoms with Crippen LogP contribution in [0.5, 0.6) is 0 Å². The zero-order valence-corrected chi connectivity index (χ0v) is 13.6. The number of aromatic nitrogens is 1. The van der Waals surface area contributed by atoms with E-state index in [0.717, 1.165) is 19.3 Å². The Kier molecular flexibility index (Phi) is 4.47. The van der Waals surface area contributed by atoms with Gasteiger partial charge in [0.15, 0.2) is 0 Å². The maximum Gasteiger partial charge on any atom is 0.337 e. The predicted molar refractivity (Wildman–Crippen MR) is 92.8 cm³/mol. The zero-order chi connectivity index (χ0) is 16.2. The molecular formula is C20H21NO2. The lowest BCUT2D eigenvalue weighted by atomic mass is 10.0. The largest absolute Gasteiger partial charge is 0.465 e. The molecule has 1 N–H and O–H groups in total. The molecular weight excluding hydrogens is 286 g/mol. The Bertz CT molecular complexity index is 815. The summed E-state index contributed by atoms with van der Waals surface area (Å²) < 4.78 is 4.72. The standard InChI is InChI=1S/C20H21NO2/c1-14-17(18-7-3-4-9-19(18)21-14)8-5-6-15-10-12-16(13-11-15)20(22)23-2/h3-4,7,9-13,21H,5-6,8H2,1-2H3. The van der Waals surface area contributed by atoms with Gasteiger partial charge in [0.25, 0.3) is 0 Å². The van der Waals surface area contributed by atoms with Crippen LogP contribution in [0.25, 0.3) is 10.9 Å². The minimum atomic E-state index is -0.286.